The monoisotopic (exact) mass is 353 g/mol. The van der Waals surface area contributed by atoms with E-state index >= 15 is 0 Å². The van der Waals surface area contributed by atoms with Crippen LogP contribution < -0.4 is 5.32 Å². The van der Waals surface area contributed by atoms with Crippen molar-refractivity contribution in [2.75, 3.05) is 5.32 Å². The molecule has 4 heteroatoms. The molecule has 0 aliphatic carbocycles. The van der Waals surface area contributed by atoms with Gasteiger partial charge in [-0.3, -0.25) is 0 Å². The molecule has 0 unspecified atom stereocenters. The van der Waals surface area contributed by atoms with E-state index in [0.29, 0.717) is 0 Å². The van der Waals surface area contributed by atoms with Gasteiger partial charge in [0.25, 0.3) is 0 Å². The lowest BCUT2D eigenvalue weighted by Crippen LogP contribution is -1.97. The Morgan fingerprint density at radius 2 is 2.00 bits per heavy atom. The van der Waals surface area contributed by atoms with E-state index in [0.717, 1.165) is 21.5 Å². The summed E-state index contributed by atoms with van der Waals surface area (Å²) in [5.41, 5.74) is 2.45. The molecule has 0 amide bonds. The Kier molecular flexibility index (Phi) is 4.92. The van der Waals surface area contributed by atoms with Crippen molar-refractivity contribution in [1.82, 2.24) is 9.97 Å². The molecule has 1 aromatic carbocycles. The molecule has 0 fully saturated rings. The van der Waals surface area contributed by atoms with Gasteiger partial charge in [-0.25, -0.2) is 9.97 Å². The Balaban J connectivity index is 2.04. The van der Waals surface area contributed by atoms with Crippen LogP contribution in [0.3, 0.4) is 0 Å². The summed E-state index contributed by atoms with van der Waals surface area (Å²) in [6.45, 7) is 2.22. The van der Waals surface area contributed by atoms with Crippen LogP contribution in [0, 0.1) is 3.57 Å². The van der Waals surface area contributed by atoms with Gasteiger partial charge in [-0.2, -0.15) is 0 Å². The quantitative estimate of drug-likeness (QED) is 0.820. The number of hydrogen-bond acceptors (Lipinski definition) is 3. The minimum absolute atomic E-state index is 0.854. The molecule has 0 atom stereocenters. The molecule has 94 valence electrons. The van der Waals surface area contributed by atoms with Crippen LogP contribution in [0.5, 0.6) is 0 Å². The highest BCUT2D eigenvalue weighted by Gasteiger charge is 2.01. The molecule has 0 saturated carbocycles. The van der Waals surface area contributed by atoms with Crippen LogP contribution in [0.1, 0.15) is 25.3 Å². The molecule has 1 aromatic heterocycles. The molecule has 18 heavy (non-hydrogen) atoms. The molecule has 2 rings (SSSR count). The van der Waals surface area contributed by atoms with Gasteiger partial charge in [0.1, 0.15) is 12.1 Å². The Hall–Kier alpha value is -1.17. The van der Waals surface area contributed by atoms with Gasteiger partial charge in [-0.05, 0) is 53.1 Å². The predicted molar refractivity (Wildman–Crippen MR) is 83.1 cm³/mol. The summed E-state index contributed by atoms with van der Waals surface area (Å²) in [4.78, 5) is 8.19. The van der Waals surface area contributed by atoms with E-state index in [-0.39, 0.29) is 0 Å². The summed E-state index contributed by atoms with van der Waals surface area (Å²) < 4.78 is 1.02. The molecule has 0 aliphatic heterocycles. The lowest BCUT2D eigenvalue weighted by atomic mass is 10.1. The summed E-state index contributed by atoms with van der Waals surface area (Å²) in [5, 5.41) is 3.30. The van der Waals surface area contributed by atoms with Gasteiger partial charge >= 0.3 is 0 Å². The van der Waals surface area contributed by atoms with Gasteiger partial charge in [0.2, 0.25) is 0 Å². The van der Waals surface area contributed by atoms with Crippen LogP contribution in [0.15, 0.2) is 36.8 Å². The zero-order valence-corrected chi connectivity index (χ0v) is 12.5. The van der Waals surface area contributed by atoms with Crippen LogP contribution in [-0.4, -0.2) is 9.97 Å². The summed E-state index contributed by atoms with van der Waals surface area (Å²) in [6, 6.07) is 8.55. The third-order valence-corrected chi connectivity index (χ3v) is 3.49. The predicted octanol–water partition coefficient (Wildman–Crippen LogP) is 4.17. The number of nitrogens with zero attached hydrogens (tertiary/aromatic N) is 2. The van der Waals surface area contributed by atoms with Crippen LogP contribution in [-0.2, 0) is 6.42 Å². The van der Waals surface area contributed by atoms with E-state index in [1.807, 2.05) is 0 Å². The number of rotatable bonds is 5. The second-order valence-electron chi connectivity index (χ2n) is 4.14. The van der Waals surface area contributed by atoms with Crippen molar-refractivity contribution in [2.45, 2.75) is 26.2 Å². The van der Waals surface area contributed by atoms with Crippen molar-refractivity contribution in [2.24, 2.45) is 0 Å². The van der Waals surface area contributed by atoms with Crippen molar-refractivity contribution in [3.63, 3.8) is 0 Å². The molecule has 0 bridgehead atoms. The molecular formula is C14H16IN3. The Morgan fingerprint density at radius 1 is 1.22 bits per heavy atom. The fraction of sp³-hybridized carbons (Fsp3) is 0.286. The second kappa shape index (κ2) is 6.68. The van der Waals surface area contributed by atoms with Gasteiger partial charge in [0, 0.05) is 11.9 Å². The zero-order chi connectivity index (χ0) is 12.8. The first-order valence-electron chi connectivity index (χ1n) is 6.11. The first-order chi connectivity index (χ1) is 8.79. The zero-order valence-electron chi connectivity index (χ0n) is 10.4. The maximum atomic E-state index is 4.22. The number of benzene rings is 1. The van der Waals surface area contributed by atoms with Gasteiger partial charge in [-0.15, -0.1) is 0 Å². The molecule has 0 saturated heterocycles. The molecule has 3 nitrogen and oxygen atoms in total. The maximum Gasteiger partial charge on any atom is 0.147 e. The van der Waals surface area contributed by atoms with E-state index in [9.17, 15) is 0 Å². The third-order valence-electron chi connectivity index (χ3n) is 2.70. The first kappa shape index (κ1) is 13.3. The lowest BCUT2D eigenvalue weighted by molar-refractivity contribution is 0.795. The number of unbranched alkanes of at least 4 members (excludes halogenated alkanes) is 1. The molecule has 1 N–H and O–H groups in total. The summed E-state index contributed by atoms with van der Waals surface area (Å²) in [7, 11) is 0. The van der Waals surface area contributed by atoms with Gasteiger partial charge in [0.05, 0.1) is 3.57 Å². The van der Waals surface area contributed by atoms with Gasteiger partial charge in [-0.1, -0.05) is 25.5 Å². The normalized spacial score (nSPS) is 10.3. The molecule has 0 spiro atoms. The topological polar surface area (TPSA) is 37.8 Å². The van der Waals surface area contributed by atoms with E-state index in [1.165, 1.54) is 18.4 Å². The van der Waals surface area contributed by atoms with Crippen molar-refractivity contribution in [3.8, 4) is 0 Å². The number of nitrogens with one attached hydrogen (secondary N) is 1. The summed E-state index contributed by atoms with van der Waals surface area (Å²) in [5.74, 6) is 0.854. The van der Waals surface area contributed by atoms with E-state index in [1.54, 1.807) is 12.5 Å². The van der Waals surface area contributed by atoms with E-state index < -0.39 is 0 Å². The van der Waals surface area contributed by atoms with Crippen molar-refractivity contribution >= 4 is 34.1 Å². The standard InChI is InChI=1S/C14H16IN3/c1-2-3-4-11-5-7-12(8-6-11)18-14-13(15)9-16-10-17-14/h5-10H,2-4H2,1H3,(H,16,17,18). The third kappa shape index (κ3) is 3.66. The largest absolute Gasteiger partial charge is 0.339 e. The first-order valence-corrected chi connectivity index (χ1v) is 7.19. The van der Waals surface area contributed by atoms with Crippen molar-refractivity contribution in [1.29, 1.82) is 0 Å². The van der Waals surface area contributed by atoms with Crippen LogP contribution >= 0.6 is 22.6 Å². The number of hydrogen-bond donors (Lipinski definition) is 1. The highest BCUT2D eigenvalue weighted by atomic mass is 127. The Bertz CT molecular complexity index is 497. The average molecular weight is 353 g/mol. The number of aryl methyl sites for hydroxylation is 1. The van der Waals surface area contributed by atoms with E-state index in [4.69, 9.17) is 0 Å². The molecule has 2 aromatic rings. The molecule has 0 aliphatic rings. The Morgan fingerprint density at radius 3 is 2.67 bits per heavy atom. The maximum absolute atomic E-state index is 4.22. The van der Waals surface area contributed by atoms with Crippen molar-refractivity contribution in [3.05, 3.63) is 45.9 Å². The Labute approximate surface area is 121 Å². The highest BCUT2D eigenvalue weighted by Crippen LogP contribution is 2.19. The van der Waals surface area contributed by atoms with Crippen LogP contribution in [0.2, 0.25) is 0 Å². The van der Waals surface area contributed by atoms with Crippen LogP contribution in [0.25, 0.3) is 0 Å². The minimum atomic E-state index is 0.854. The minimum Gasteiger partial charge on any atom is -0.339 e. The number of aromatic nitrogens is 2. The second-order valence-corrected chi connectivity index (χ2v) is 5.31. The van der Waals surface area contributed by atoms with Crippen molar-refractivity contribution < 1.29 is 0 Å². The molecular weight excluding hydrogens is 337 g/mol. The molecule has 1 heterocycles. The lowest BCUT2D eigenvalue weighted by Gasteiger charge is -2.07. The number of anilines is 2. The van der Waals surface area contributed by atoms with E-state index in [2.05, 4.69) is 69.1 Å². The number of halogens is 1. The fourth-order valence-corrected chi connectivity index (χ4v) is 2.11. The SMILES string of the molecule is CCCCc1ccc(Nc2ncncc2I)cc1. The smallest absolute Gasteiger partial charge is 0.147 e. The van der Waals surface area contributed by atoms with Gasteiger partial charge < -0.3 is 5.32 Å². The summed E-state index contributed by atoms with van der Waals surface area (Å²) in [6.07, 6.45) is 6.99. The average Bonchev–Trinajstić information content (AvgIpc) is 2.41. The highest BCUT2D eigenvalue weighted by molar-refractivity contribution is 14.1. The molecule has 0 radical (unpaired) electrons. The summed E-state index contributed by atoms with van der Waals surface area (Å²) >= 11 is 2.22. The van der Waals surface area contributed by atoms with Crippen LogP contribution in [0.4, 0.5) is 11.5 Å². The fourth-order valence-electron chi connectivity index (χ4n) is 1.68. The van der Waals surface area contributed by atoms with Gasteiger partial charge in [0.15, 0.2) is 0 Å².